The van der Waals surface area contributed by atoms with Gasteiger partial charge in [-0.1, -0.05) is 6.08 Å². The number of hydrogen-bond donors (Lipinski definition) is 0. The fourth-order valence-corrected chi connectivity index (χ4v) is 0.602. The van der Waals surface area contributed by atoms with Gasteiger partial charge in [0, 0.05) is 0 Å². The lowest BCUT2D eigenvalue weighted by Crippen LogP contribution is -2.18. The SMILES string of the molecule is CC1(C)C=CC(=O)C=N1. The first-order valence-electron chi connectivity index (χ1n) is 2.89. The van der Waals surface area contributed by atoms with Crippen molar-refractivity contribution in [1.29, 1.82) is 0 Å². The van der Waals surface area contributed by atoms with Gasteiger partial charge in [0.25, 0.3) is 0 Å². The molecule has 0 saturated heterocycles. The van der Waals surface area contributed by atoms with Gasteiger partial charge in [-0.15, -0.1) is 0 Å². The molecule has 1 heterocycles. The molecule has 0 atom stereocenters. The van der Waals surface area contributed by atoms with E-state index in [1.165, 1.54) is 6.21 Å². The molecule has 0 spiro atoms. The molecule has 0 radical (unpaired) electrons. The molecule has 0 saturated carbocycles. The fourth-order valence-electron chi connectivity index (χ4n) is 0.602. The molecule has 2 heteroatoms. The van der Waals surface area contributed by atoms with Crippen LogP contribution in [0.25, 0.3) is 0 Å². The van der Waals surface area contributed by atoms with Gasteiger partial charge >= 0.3 is 0 Å². The molecule has 1 rings (SSSR count). The van der Waals surface area contributed by atoms with Gasteiger partial charge in [0.2, 0.25) is 0 Å². The van der Waals surface area contributed by atoms with Crippen molar-refractivity contribution in [3.05, 3.63) is 12.2 Å². The van der Waals surface area contributed by atoms with E-state index in [9.17, 15) is 4.79 Å². The lowest BCUT2D eigenvalue weighted by atomic mass is 10.0. The van der Waals surface area contributed by atoms with Crippen LogP contribution in [0.1, 0.15) is 13.8 Å². The highest BCUT2D eigenvalue weighted by atomic mass is 16.1. The zero-order valence-electron chi connectivity index (χ0n) is 5.59. The van der Waals surface area contributed by atoms with Gasteiger partial charge in [0.1, 0.15) is 0 Å². The van der Waals surface area contributed by atoms with E-state index in [0.717, 1.165) is 0 Å². The number of rotatable bonds is 0. The predicted octanol–water partition coefficient (Wildman–Crippen LogP) is 0.975. The molecule has 0 aromatic rings. The Kier molecular flexibility index (Phi) is 1.24. The molecule has 0 aromatic carbocycles. The number of ketones is 1. The molecular formula is C7H9NO. The Labute approximate surface area is 54.3 Å². The molecule has 2 nitrogen and oxygen atoms in total. The highest BCUT2D eigenvalue weighted by Gasteiger charge is 2.14. The van der Waals surface area contributed by atoms with E-state index in [0.29, 0.717) is 0 Å². The Bertz CT molecular complexity index is 171. The fraction of sp³-hybridized carbons (Fsp3) is 0.429. The van der Waals surface area contributed by atoms with Gasteiger partial charge in [-0.2, -0.15) is 0 Å². The Balaban J connectivity index is 2.82. The third kappa shape index (κ3) is 1.49. The lowest BCUT2D eigenvalue weighted by molar-refractivity contribution is -0.108. The van der Waals surface area contributed by atoms with Crippen molar-refractivity contribution in [1.82, 2.24) is 0 Å². The predicted molar refractivity (Wildman–Crippen MR) is 36.7 cm³/mol. The first kappa shape index (κ1) is 6.20. The van der Waals surface area contributed by atoms with E-state index in [-0.39, 0.29) is 11.3 Å². The molecule has 0 N–H and O–H groups in total. The molecule has 0 bridgehead atoms. The summed E-state index contributed by atoms with van der Waals surface area (Å²) in [7, 11) is 0. The normalized spacial score (nSPS) is 22.7. The summed E-state index contributed by atoms with van der Waals surface area (Å²) in [5.74, 6) is -0.0191. The number of carbonyl (C=O) groups excluding carboxylic acids is 1. The highest BCUT2D eigenvalue weighted by Crippen LogP contribution is 2.12. The van der Waals surface area contributed by atoms with Crippen LogP contribution in [-0.4, -0.2) is 17.5 Å². The number of dihydropyridines is 1. The van der Waals surface area contributed by atoms with Crippen molar-refractivity contribution >= 4 is 12.0 Å². The summed E-state index contributed by atoms with van der Waals surface area (Å²) in [5.41, 5.74) is -0.173. The maximum Gasteiger partial charge on any atom is 0.196 e. The lowest BCUT2D eigenvalue weighted by Gasteiger charge is -2.15. The van der Waals surface area contributed by atoms with Crippen molar-refractivity contribution in [2.75, 3.05) is 0 Å². The number of aliphatic imine (C=N–C) groups is 1. The monoisotopic (exact) mass is 123 g/mol. The molecule has 1 aliphatic rings. The van der Waals surface area contributed by atoms with Gasteiger partial charge in [-0.3, -0.25) is 9.79 Å². The van der Waals surface area contributed by atoms with Crippen LogP contribution >= 0.6 is 0 Å². The smallest absolute Gasteiger partial charge is 0.196 e. The van der Waals surface area contributed by atoms with Crippen molar-refractivity contribution in [3.63, 3.8) is 0 Å². The summed E-state index contributed by atoms with van der Waals surface area (Å²) >= 11 is 0. The first-order chi connectivity index (χ1) is 4.10. The summed E-state index contributed by atoms with van der Waals surface area (Å²) in [6, 6.07) is 0. The van der Waals surface area contributed by atoms with E-state index >= 15 is 0 Å². The Morgan fingerprint density at radius 1 is 1.56 bits per heavy atom. The van der Waals surface area contributed by atoms with Gasteiger partial charge < -0.3 is 0 Å². The van der Waals surface area contributed by atoms with Gasteiger partial charge in [-0.25, -0.2) is 0 Å². The van der Waals surface area contributed by atoms with Crippen LogP contribution in [0.3, 0.4) is 0 Å². The topological polar surface area (TPSA) is 29.4 Å². The summed E-state index contributed by atoms with van der Waals surface area (Å²) < 4.78 is 0. The van der Waals surface area contributed by atoms with Crippen LogP contribution in [0.4, 0.5) is 0 Å². The molecule has 0 aromatic heterocycles. The third-order valence-corrected chi connectivity index (χ3v) is 1.18. The second-order valence-electron chi connectivity index (χ2n) is 2.65. The number of nitrogens with zero attached hydrogens (tertiary/aromatic N) is 1. The Hall–Kier alpha value is -0.920. The van der Waals surface area contributed by atoms with Crippen LogP contribution in [-0.2, 0) is 4.79 Å². The van der Waals surface area contributed by atoms with Crippen molar-refractivity contribution in [3.8, 4) is 0 Å². The summed E-state index contributed by atoms with van der Waals surface area (Å²) in [6.45, 7) is 3.90. The summed E-state index contributed by atoms with van der Waals surface area (Å²) in [5, 5.41) is 0. The van der Waals surface area contributed by atoms with E-state index in [4.69, 9.17) is 0 Å². The second-order valence-corrected chi connectivity index (χ2v) is 2.65. The third-order valence-electron chi connectivity index (χ3n) is 1.18. The average Bonchev–Trinajstić information content (AvgIpc) is 1.78. The minimum Gasteiger partial charge on any atom is -0.288 e. The van der Waals surface area contributed by atoms with Gasteiger partial charge in [-0.05, 0) is 19.9 Å². The standard InChI is InChI=1S/C7H9NO/c1-7(2)4-3-6(9)5-8-7/h3-5H,1-2H3. The Morgan fingerprint density at radius 3 is 2.56 bits per heavy atom. The molecule has 9 heavy (non-hydrogen) atoms. The molecule has 0 amide bonds. The van der Waals surface area contributed by atoms with Crippen molar-refractivity contribution in [2.24, 2.45) is 4.99 Å². The minimum absolute atomic E-state index is 0.0191. The van der Waals surface area contributed by atoms with Crippen LogP contribution in [0, 0.1) is 0 Å². The number of allylic oxidation sites excluding steroid dienone is 1. The first-order valence-corrected chi connectivity index (χ1v) is 2.89. The maximum atomic E-state index is 10.5. The molecule has 1 aliphatic heterocycles. The minimum atomic E-state index is -0.173. The number of carbonyl (C=O) groups is 1. The maximum absolute atomic E-state index is 10.5. The van der Waals surface area contributed by atoms with E-state index in [1.54, 1.807) is 12.2 Å². The van der Waals surface area contributed by atoms with Gasteiger partial charge in [0.05, 0.1) is 11.8 Å². The zero-order chi connectivity index (χ0) is 6.91. The molecular weight excluding hydrogens is 114 g/mol. The molecule has 0 fully saturated rings. The van der Waals surface area contributed by atoms with E-state index in [2.05, 4.69) is 4.99 Å². The van der Waals surface area contributed by atoms with Crippen molar-refractivity contribution in [2.45, 2.75) is 19.4 Å². The quantitative estimate of drug-likeness (QED) is 0.472. The second kappa shape index (κ2) is 1.79. The molecule has 0 unspecified atom stereocenters. The highest BCUT2D eigenvalue weighted by molar-refractivity contribution is 6.33. The molecule has 48 valence electrons. The number of hydrogen-bond acceptors (Lipinski definition) is 2. The average molecular weight is 123 g/mol. The van der Waals surface area contributed by atoms with Gasteiger partial charge in [0.15, 0.2) is 5.78 Å². The summed E-state index contributed by atoms with van der Waals surface area (Å²) in [4.78, 5) is 14.5. The molecule has 0 aliphatic carbocycles. The van der Waals surface area contributed by atoms with E-state index < -0.39 is 0 Å². The van der Waals surface area contributed by atoms with Crippen LogP contribution in [0.5, 0.6) is 0 Å². The largest absolute Gasteiger partial charge is 0.288 e. The summed E-state index contributed by atoms with van der Waals surface area (Å²) in [6.07, 6.45) is 4.71. The van der Waals surface area contributed by atoms with Crippen LogP contribution in [0.2, 0.25) is 0 Å². The van der Waals surface area contributed by atoms with Crippen LogP contribution in [0.15, 0.2) is 17.1 Å². The van der Waals surface area contributed by atoms with Crippen molar-refractivity contribution < 1.29 is 4.79 Å². The Morgan fingerprint density at radius 2 is 2.22 bits per heavy atom. The zero-order valence-corrected chi connectivity index (χ0v) is 5.59. The van der Waals surface area contributed by atoms with E-state index in [1.807, 2.05) is 13.8 Å². The van der Waals surface area contributed by atoms with Crippen LogP contribution < -0.4 is 0 Å².